The minimum Gasteiger partial charge on any atom is -0.478 e. The van der Waals surface area contributed by atoms with Crippen LogP contribution in [0.1, 0.15) is 45.4 Å². The number of carboxylic acid groups (broad SMARTS) is 1. The van der Waals surface area contributed by atoms with Gasteiger partial charge in [-0.3, -0.25) is 0 Å². The van der Waals surface area contributed by atoms with Crippen LogP contribution in [-0.2, 0) is 4.79 Å². The van der Waals surface area contributed by atoms with Crippen LogP contribution in [0.15, 0.2) is 11.6 Å². The molecular weight excluding hydrogens is 176 g/mol. The Kier molecular flexibility index (Phi) is 2.38. The maximum atomic E-state index is 10.9. The number of carboxylic acids is 1. The second kappa shape index (κ2) is 3.41. The van der Waals surface area contributed by atoms with Crippen LogP contribution in [0.5, 0.6) is 0 Å². The highest BCUT2D eigenvalue weighted by Gasteiger charge is 2.39. The summed E-state index contributed by atoms with van der Waals surface area (Å²) < 4.78 is 0. The van der Waals surface area contributed by atoms with E-state index < -0.39 is 5.97 Å². The summed E-state index contributed by atoms with van der Waals surface area (Å²) in [4.78, 5) is 10.9. The summed E-state index contributed by atoms with van der Waals surface area (Å²) in [6, 6.07) is 0. The molecule has 1 saturated carbocycles. The van der Waals surface area contributed by atoms with Gasteiger partial charge in [-0.2, -0.15) is 0 Å². The predicted molar refractivity (Wildman–Crippen MR) is 55.0 cm³/mol. The van der Waals surface area contributed by atoms with Gasteiger partial charge >= 0.3 is 5.97 Å². The molecule has 2 unspecified atom stereocenters. The molecule has 1 fully saturated rings. The van der Waals surface area contributed by atoms with Gasteiger partial charge in [-0.15, -0.1) is 0 Å². The fourth-order valence-corrected chi connectivity index (χ4v) is 3.06. The minimum absolute atomic E-state index is 0.278. The fraction of sp³-hybridized carbons (Fsp3) is 0.750. The Morgan fingerprint density at radius 2 is 2.36 bits per heavy atom. The first kappa shape index (κ1) is 9.75. The Morgan fingerprint density at radius 3 is 3.07 bits per heavy atom. The minimum atomic E-state index is -0.713. The van der Waals surface area contributed by atoms with Gasteiger partial charge in [-0.05, 0) is 37.0 Å². The normalized spacial score (nSPS) is 37.2. The van der Waals surface area contributed by atoms with Crippen LogP contribution in [0.3, 0.4) is 0 Å². The number of allylic oxidation sites excluding steroid dienone is 1. The predicted octanol–water partition coefficient (Wildman–Crippen LogP) is 2.99. The monoisotopic (exact) mass is 194 g/mol. The highest BCUT2D eigenvalue weighted by Crippen LogP contribution is 2.49. The third-order valence-corrected chi connectivity index (χ3v) is 4.05. The van der Waals surface area contributed by atoms with Gasteiger partial charge in [0.15, 0.2) is 0 Å². The van der Waals surface area contributed by atoms with E-state index in [0.29, 0.717) is 5.57 Å². The van der Waals surface area contributed by atoms with Crippen molar-refractivity contribution in [2.75, 3.05) is 0 Å². The number of rotatable bonds is 1. The summed E-state index contributed by atoms with van der Waals surface area (Å²) in [5.41, 5.74) is 0.923. The Hall–Kier alpha value is -0.790. The molecule has 14 heavy (non-hydrogen) atoms. The first-order chi connectivity index (χ1) is 6.62. The van der Waals surface area contributed by atoms with Crippen LogP contribution in [0.4, 0.5) is 0 Å². The van der Waals surface area contributed by atoms with E-state index in [1.807, 2.05) is 6.08 Å². The van der Waals surface area contributed by atoms with Crippen molar-refractivity contribution in [2.24, 2.45) is 11.3 Å². The van der Waals surface area contributed by atoms with Gasteiger partial charge in [0.1, 0.15) is 0 Å². The number of carbonyl (C=O) groups is 1. The summed E-state index contributed by atoms with van der Waals surface area (Å²) in [5, 5.41) is 8.97. The molecule has 2 aliphatic rings. The van der Waals surface area contributed by atoms with Crippen molar-refractivity contribution in [3.05, 3.63) is 11.6 Å². The summed E-state index contributed by atoms with van der Waals surface area (Å²) in [5.74, 6) is 0.0228. The van der Waals surface area contributed by atoms with Gasteiger partial charge in [0, 0.05) is 5.57 Å². The van der Waals surface area contributed by atoms with E-state index in [1.54, 1.807) is 0 Å². The highest BCUT2D eigenvalue weighted by atomic mass is 16.4. The second-order valence-electron chi connectivity index (χ2n) is 5.04. The van der Waals surface area contributed by atoms with Crippen LogP contribution < -0.4 is 0 Å². The van der Waals surface area contributed by atoms with Crippen molar-refractivity contribution in [3.63, 3.8) is 0 Å². The smallest absolute Gasteiger partial charge is 0.331 e. The van der Waals surface area contributed by atoms with Crippen molar-refractivity contribution in [3.8, 4) is 0 Å². The molecule has 2 rings (SSSR count). The maximum absolute atomic E-state index is 10.9. The van der Waals surface area contributed by atoms with Crippen LogP contribution in [0.25, 0.3) is 0 Å². The molecule has 1 N–H and O–H groups in total. The van der Waals surface area contributed by atoms with Gasteiger partial charge in [-0.1, -0.05) is 25.8 Å². The van der Waals surface area contributed by atoms with Crippen molar-refractivity contribution >= 4 is 5.97 Å². The second-order valence-corrected chi connectivity index (χ2v) is 5.04. The quantitative estimate of drug-likeness (QED) is 0.696. The molecule has 0 amide bonds. The third-order valence-electron chi connectivity index (χ3n) is 4.05. The molecule has 0 aromatic rings. The molecule has 2 atom stereocenters. The number of aliphatic carboxylic acids is 1. The first-order valence-electron chi connectivity index (χ1n) is 5.54. The Morgan fingerprint density at radius 1 is 1.57 bits per heavy atom. The summed E-state index contributed by atoms with van der Waals surface area (Å²) in [7, 11) is 0. The molecule has 0 aromatic carbocycles. The van der Waals surface area contributed by atoms with Crippen molar-refractivity contribution < 1.29 is 9.90 Å². The highest BCUT2D eigenvalue weighted by molar-refractivity contribution is 5.86. The standard InChI is InChI=1S/C12H18O2/c1-12-7-3-2-4-10(12)6-5-9(8-12)11(13)14/h5,10H,2-4,6-8H2,1H3,(H,13,14). The Labute approximate surface area is 85.0 Å². The number of hydrogen-bond acceptors (Lipinski definition) is 1. The molecule has 2 heteroatoms. The Bertz CT molecular complexity index is 280. The van der Waals surface area contributed by atoms with Gasteiger partial charge in [0.25, 0.3) is 0 Å². The van der Waals surface area contributed by atoms with E-state index in [4.69, 9.17) is 5.11 Å². The number of hydrogen-bond donors (Lipinski definition) is 1. The molecule has 0 spiro atoms. The molecular formula is C12H18O2. The molecule has 0 saturated heterocycles. The van der Waals surface area contributed by atoms with E-state index in [2.05, 4.69) is 6.92 Å². The van der Waals surface area contributed by atoms with Crippen LogP contribution >= 0.6 is 0 Å². The average Bonchev–Trinajstić information content (AvgIpc) is 2.15. The lowest BCUT2D eigenvalue weighted by atomic mass is 9.61. The van der Waals surface area contributed by atoms with E-state index in [-0.39, 0.29) is 5.41 Å². The van der Waals surface area contributed by atoms with Gasteiger partial charge < -0.3 is 5.11 Å². The molecule has 0 aromatic heterocycles. The zero-order chi connectivity index (χ0) is 10.2. The van der Waals surface area contributed by atoms with Gasteiger partial charge in [0.05, 0.1) is 0 Å². The van der Waals surface area contributed by atoms with Gasteiger partial charge in [-0.25, -0.2) is 4.79 Å². The van der Waals surface area contributed by atoms with Crippen molar-refractivity contribution in [1.82, 2.24) is 0 Å². The SMILES string of the molecule is CC12CCCCC1CC=C(C(=O)O)C2. The lowest BCUT2D eigenvalue weighted by Gasteiger charge is -2.44. The topological polar surface area (TPSA) is 37.3 Å². The van der Waals surface area contributed by atoms with E-state index in [1.165, 1.54) is 25.7 Å². The summed E-state index contributed by atoms with van der Waals surface area (Å²) >= 11 is 0. The van der Waals surface area contributed by atoms with Gasteiger partial charge in [0.2, 0.25) is 0 Å². The molecule has 0 heterocycles. The van der Waals surface area contributed by atoms with Crippen molar-refractivity contribution in [2.45, 2.75) is 45.4 Å². The van der Waals surface area contributed by atoms with E-state index in [9.17, 15) is 4.79 Å². The molecule has 2 aliphatic carbocycles. The maximum Gasteiger partial charge on any atom is 0.331 e. The van der Waals surface area contributed by atoms with Crippen LogP contribution in [0.2, 0.25) is 0 Å². The number of fused-ring (bicyclic) bond motifs is 1. The van der Waals surface area contributed by atoms with Crippen LogP contribution in [0, 0.1) is 11.3 Å². The summed E-state index contributed by atoms with van der Waals surface area (Å²) in [6.07, 6.45) is 8.82. The summed E-state index contributed by atoms with van der Waals surface area (Å²) in [6.45, 7) is 2.27. The lowest BCUT2D eigenvalue weighted by molar-refractivity contribution is -0.133. The molecule has 78 valence electrons. The van der Waals surface area contributed by atoms with E-state index in [0.717, 1.165) is 18.8 Å². The first-order valence-corrected chi connectivity index (χ1v) is 5.54. The lowest BCUT2D eigenvalue weighted by Crippen LogP contribution is -2.34. The fourth-order valence-electron chi connectivity index (χ4n) is 3.06. The molecule has 2 nitrogen and oxygen atoms in total. The van der Waals surface area contributed by atoms with Crippen molar-refractivity contribution in [1.29, 1.82) is 0 Å². The molecule has 0 aliphatic heterocycles. The largest absolute Gasteiger partial charge is 0.478 e. The average molecular weight is 194 g/mol. The van der Waals surface area contributed by atoms with Crippen LogP contribution in [-0.4, -0.2) is 11.1 Å². The molecule has 0 bridgehead atoms. The van der Waals surface area contributed by atoms with E-state index >= 15 is 0 Å². The third kappa shape index (κ3) is 1.58. The zero-order valence-electron chi connectivity index (χ0n) is 8.75. The zero-order valence-corrected chi connectivity index (χ0v) is 8.75. The molecule has 0 radical (unpaired) electrons. The Balaban J connectivity index is 2.18.